The minimum absolute atomic E-state index is 0.794. The summed E-state index contributed by atoms with van der Waals surface area (Å²) in [5.41, 5.74) is 6.25. The van der Waals surface area contributed by atoms with Gasteiger partial charge in [-0.1, -0.05) is 57.1 Å². The standard InChI is InChI=1S/C21H29N/c1-2-4-6-10-16(11-7-5-3-1)17-12-8-15-20-21(17)18-13-9-14-19(18)22-20/h8,12,15-16,22H,1-7,9-11,13-14H2. The average Bonchev–Trinajstić information content (AvgIpc) is 3.13. The quantitative estimate of drug-likeness (QED) is 0.638. The van der Waals surface area contributed by atoms with Gasteiger partial charge in [0.1, 0.15) is 0 Å². The molecule has 1 heterocycles. The van der Waals surface area contributed by atoms with Crippen LogP contribution in [-0.2, 0) is 12.8 Å². The lowest BCUT2D eigenvalue weighted by atomic mass is 9.84. The lowest BCUT2D eigenvalue weighted by Gasteiger charge is -2.20. The number of benzene rings is 1. The van der Waals surface area contributed by atoms with Gasteiger partial charge in [-0.3, -0.25) is 0 Å². The van der Waals surface area contributed by atoms with Gasteiger partial charge < -0.3 is 4.98 Å². The highest BCUT2D eigenvalue weighted by Gasteiger charge is 2.22. The molecule has 0 aliphatic heterocycles. The zero-order chi connectivity index (χ0) is 14.8. The first-order chi connectivity index (χ1) is 10.9. The third kappa shape index (κ3) is 2.71. The first-order valence-electron chi connectivity index (χ1n) is 9.56. The molecule has 1 aromatic heterocycles. The fourth-order valence-corrected chi connectivity index (χ4v) is 4.79. The van der Waals surface area contributed by atoms with Crippen molar-refractivity contribution in [1.82, 2.24) is 4.98 Å². The van der Waals surface area contributed by atoms with Crippen molar-refractivity contribution < 1.29 is 0 Å². The molecule has 2 aliphatic carbocycles. The molecular formula is C21H29N. The van der Waals surface area contributed by atoms with Gasteiger partial charge in [0.2, 0.25) is 0 Å². The highest BCUT2D eigenvalue weighted by molar-refractivity contribution is 5.89. The number of fused-ring (bicyclic) bond motifs is 3. The predicted octanol–water partition coefficient (Wildman–Crippen LogP) is 6.26. The summed E-state index contributed by atoms with van der Waals surface area (Å²) in [7, 11) is 0. The summed E-state index contributed by atoms with van der Waals surface area (Å²) in [6.45, 7) is 0. The summed E-state index contributed by atoms with van der Waals surface area (Å²) in [6.07, 6.45) is 16.8. The molecule has 1 heteroatoms. The maximum atomic E-state index is 3.71. The minimum Gasteiger partial charge on any atom is -0.358 e. The molecule has 1 nitrogen and oxygen atoms in total. The van der Waals surface area contributed by atoms with Crippen LogP contribution >= 0.6 is 0 Å². The van der Waals surface area contributed by atoms with Gasteiger partial charge in [-0.25, -0.2) is 0 Å². The molecule has 0 saturated heterocycles. The Balaban J connectivity index is 1.68. The van der Waals surface area contributed by atoms with E-state index in [1.807, 2.05) is 0 Å². The Kier molecular flexibility index (Phi) is 4.23. The first-order valence-corrected chi connectivity index (χ1v) is 9.56. The van der Waals surface area contributed by atoms with Crippen molar-refractivity contribution >= 4 is 10.9 Å². The molecule has 1 saturated carbocycles. The topological polar surface area (TPSA) is 15.8 Å². The Morgan fingerprint density at radius 1 is 0.773 bits per heavy atom. The molecular weight excluding hydrogens is 266 g/mol. The molecule has 0 radical (unpaired) electrons. The van der Waals surface area contributed by atoms with Crippen molar-refractivity contribution in [3.05, 3.63) is 35.0 Å². The Morgan fingerprint density at radius 3 is 2.27 bits per heavy atom. The third-order valence-corrected chi connectivity index (χ3v) is 5.95. The van der Waals surface area contributed by atoms with E-state index in [1.165, 1.54) is 88.3 Å². The average molecular weight is 295 g/mol. The summed E-state index contributed by atoms with van der Waals surface area (Å²) in [6, 6.07) is 7.00. The summed E-state index contributed by atoms with van der Waals surface area (Å²) in [4.78, 5) is 3.71. The van der Waals surface area contributed by atoms with Crippen LogP contribution in [0.25, 0.3) is 10.9 Å². The molecule has 0 atom stereocenters. The van der Waals surface area contributed by atoms with Crippen LogP contribution in [0.15, 0.2) is 18.2 Å². The van der Waals surface area contributed by atoms with Crippen molar-refractivity contribution in [1.29, 1.82) is 0 Å². The fraction of sp³-hybridized carbons (Fsp3) is 0.619. The summed E-state index contributed by atoms with van der Waals surface area (Å²) < 4.78 is 0. The van der Waals surface area contributed by atoms with E-state index >= 15 is 0 Å². The van der Waals surface area contributed by atoms with E-state index in [9.17, 15) is 0 Å². The molecule has 4 rings (SSSR count). The Labute approximate surface area is 134 Å². The molecule has 22 heavy (non-hydrogen) atoms. The summed E-state index contributed by atoms with van der Waals surface area (Å²) in [5, 5.41) is 1.61. The molecule has 0 spiro atoms. The fourth-order valence-electron chi connectivity index (χ4n) is 4.79. The van der Waals surface area contributed by atoms with Gasteiger partial charge in [-0.2, -0.15) is 0 Å². The monoisotopic (exact) mass is 295 g/mol. The third-order valence-electron chi connectivity index (χ3n) is 5.95. The lowest BCUT2D eigenvalue weighted by molar-refractivity contribution is 0.464. The molecule has 2 aromatic rings. The largest absolute Gasteiger partial charge is 0.358 e. The molecule has 118 valence electrons. The van der Waals surface area contributed by atoms with Gasteiger partial charge in [0.05, 0.1) is 0 Å². The van der Waals surface area contributed by atoms with Crippen LogP contribution in [0, 0.1) is 0 Å². The summed E-state index contributed by atoms with van der Waals surface area (Å²) >= 11 is 0. The molecule has 0 unspecified atom stereocenters. The predicted molar refractivity (Wildman–Crippen MR) is 94.6 cm³/mol. The van der Waals surface area contributed by atoms with E-state index in [1.54, 1.807) is 16.5 Å². The molecule has 1 fully saturated rings. The lowest BCUT2D eigenvalue weighted by Crippen LogP contribution is -2.02. The van der Waals surface area contributed by atoms with Crippen LogP contribution in [0.5, 0.6) is 0 Å². The van der Waals surface area contributed by atoms with Crippen LogP contribution in [0.3, 0.4) is 0 Å². The Hall–Kier alpha value is -1.24. The second-order valence-electron chi connectivity index (χ2n) is 7.45. The van der Waals surface area contributed by atoms with Crippen molar-refractivity contribution in [2.24, 2.45) is 0 Å². The molecule has 2 aliphatic rings. The number of nitrogens with one attached hydrogen (secondary N) is 1. The zero-order valence-electron chi connectivity index (χ0n) is 13.8. The maximum absolute atomic E-state index is 3.71. The number of hydrogen-bond donors (Lipinski definition) is 1. The molecule has 1 aromatic carbocycles. The van der Waals surface area contributed by atoms with Gasteiger partial charge in [0.15, 0.2) is 0 Å². The van der Waals surface area contributed by atoms with E-state index < -0.39 is 0 Å². The molecule has 0 bridgehead atoms. The van der Waals surface area contributed by atoms with E-state index in [2.05, 4.69) is 23.2 Å². The highest BCUT2D eigenvalue weighted by Crippen LogP contribution is 2.39. The van der Waals surface area contributed by atoms with Crippen molar-refractivity contribution in [3.8, 4) is 0 Å². The summed E-state index contributed by atoms with van der Waals surface area (Å²) in [5.74, 6) is 0.794. The normalized spacial score (nSPS) is 21.1. The Morgan fingerprint density at radius 2 is 1.50 bits per heavy atom. The van der Waals surface area contributed by atoms with Crippen LogP contribution in [-0.4, -0.2) is 4.98 Å². The molecule has 1 N–H and O–H groups in total. The number of aromatic nitrogens is 1. The van der Waals surface area contributed by atoms with Gasteiger partial charge in [0, 0.05) is 16.6 Å². The zero-order valence-corrected chi connectivity index (χ0v) is 13.8. The van der Waals surface area contributed by atoms with Crippen LogP contribution in [0.1, 0.15) is 86.9 Å². The van der Waals surface area contributed by atoms with Crippen molar-refractivity contribution in [2.75, 3.05) is 0 Å². The number of aryl methyl sites for hydroxylation is 2. The van der Waals surface area contributed by atoms with Crippen molar-refractivity contribution in [3.63, 3.8) is 0 Å². The highest BCUT2D eigenvalue weighted by atomic mass is 14.7. The number of H-pyrrole nitrogens is 1. The van der Waals surface area contributed by atoms with E-state index in [-0.39, 0.29) is 0 Å². The maximum Gasteiger partial charge on any atom is 0.0461 e. The van der Waals surface area contributed by atoms with E-state index in [4.69, 9.17) is 0 Å². The smallest absolute Gasteiger partial charge is 0.0461 e. The van der Waals surface area contributed by atoms with Gasteiger partial charge in [-0.15, -0.1) is 0 Å². The molecule has 0 amide bonds. The van der Waals surface area contributed by atoms with Crippen molar-refractivity contribution in [2.45, 2.75) is 83.0 Å². The van der Waals surface area contributed by atoms with Crippen LogP contribution in [0.4, 0.5) is 0 Å². The number of hydrogen-bond acceptors (Lipinski definition) is 0. The van der Waals surface area contributed by atoms with E-state index in [0.717, 1.165) is 5.92 Å². The van der Waals surface area contributed by atoms with Gasteiger partial charge in [0.25, 0.3) is 0 Å². The first kappa shape index (κ1) is 14.4. The number of aromatic amines is 1. The second-order valence-corrected chi connectivity index (χ2v) is 7.45. The van der Waals surface area contributed by atoms with E-state index in [0.29, 0.717) is 0 Å². The van der Waals surface area contributed by atoms with Gasteiger partial charge >= 0.3 is 0 Å². The Bertz CT molecular complexity index is 627. The second kappa shape index (κ2) is 6.48. The van der Waals surface area contributed by atoms with Gasteiger partial charge in [-0.05, 0) is 55.2 Å². The van der Waals surface area contributed by atoms with Crippen LogP contribution in [0.2, 0.25) is 0 Å². The van der Waals surface area contributed by atoms with Crippen LogP contribution < -0.4 is 0 Å². The number of rotatable bonds is 1. The minimum atomic E-state index is 0.794. The SMILES string of the molecule is c1cc(C2CCCCCCCCC2)c2c3c([nH]c2c1)CCC3.